The molecule has 1 unspecified atom stereocenters. The monoisotopic (exact) mass is 216 g/mol. The third-order valence-electron chi connectivity index (χ3n) is 1.87. The highest BCUT2D eigenvalue weighted by molar-refractivity contribution is 5.96. The molecule has 88 valence electrons. The molecular weight excluding hydrogens is 196 g/mol. The Balaban J connectivity index is 3.61. The number of hydrogen-bond donors (Lipinski definition) is 0. The van der Waals surface area contributed by atoms with Crippen molar-refractivity contribution in [2.24, 2.45) is 0 Å². The van der Waals surface area contributed by atoms with Crippen molar-refractivity contribution in [2.75, 3.05) is 13.2 Å². The topological polar surface area (TPSA) is 52.6 Å². The van der Waals surface area contributed by atoms with Gasteiger partial charge in [0.1, 0.15) is 13.0 Å². The molecule has 4 nitrogen and oxygen atoms in total. The lowest BCUT2D eigenvalue weighted by Gasteiger charge is -2.10. The standard InChI is InChI=1S/C11H20O4/c1-4-6-9(3)15-8-10(12)7-11(13)14-5-2/h9H,4-8H2,1-3H3. The maximum atomic E-state index is 11.2. The molecule has 0 rings (SSSR count). The molecule has 0 amide bonds. The molecule has 0 aromatic rings. The second kappa shape index (κ2) is 8.41. The van der Waals surface area contributed by atoms with E-state index in [2.05, 4.69) is 11.7 Å². The zero-order chi connectivity index (χ0) is 11.7. The van der Waals surface area contributed by atoms with E-state index in [4.69, 9.17) is 4.74 Å². The molecule has 0 fully saturated rings. The second-order valence-corrected chi connectivity index (χ2v) is 3.43. The van der Waals surface area contributed by atoms with Crippen LogP contribution in [0.2, 0.25) is 0 Å². The largest absolute Gasteiger partial charge is 0.466 e. The lowest BCUT2D eigenvalue weighted by atomic mass is 10.2. The van der Waals surface area contributed by atoms with E-state index in [0.29, 0.717) is 6.61 Å². The van der Waals surface area contributed by atoms with E-state index >= 15 is 0 Å². The van der Waals surface area contributed by atoms with Gasteiger partial charge in [0.05, 0.1) is 12.7 Å². The molecule has 4 heteroatoms. The van der Waals surface area contributed by atoms with Crippen LogP contribution in [0.3, 0.4) is 0 Å². The summed E-state index contributed by atoms with van der Waals surface area (Å²) in [5, 5.41) is 0. The molecule has 0 aliphatic carbocycles. The van der Waals surface area contributed by atoms with Gasteiger partial charge in [0.25, 0.3) is 0 Å². The minimum absolute atomic E-state index is 0.0000189. The fourth-order valence-corrected chi connectivity index (χ4v) is 1.15. The van der Waals surface area contributed by atoms with E-state index in [0.717, 1.165) is 12.8 Å². The number of carbonyl (C=O) groups excluding carboxylic acids is 2. The number of rotatable bonds is 8. The highest BCUT2D eigenvalue weighted by Crippen LogP contribution is 2.01. The first-order valence-electron chi connectivity index (χ1n) is 5.39. The van der Waals surface area contributed by atoms with Gasteiger partial charge < -0.3 is 9.47 Å². The van der Waals surface area contributed by atoms with Gasteiger partial charge in [-0.15, -0.1) is 0 Å². The molecular formula is C11H20O4. The van der Waals surface area contributed by atoms with Crippen molar-refractivity contribution in [3.05, 3.63) is 0 Å². The summed E-state index contributed by atoms with van der Waals surface area (Å²) in [7, 11) is 0. The number of hydrogen-bond acceptors (Lipinski definition) is 4. The van der Waals surface area contributed by atoms with Crippen LogP contribution in [0.5, 0.6) is 0 Å². The number of ketones is 1. The average Bonchev–Trinajstić information content (AvgIpc) is 2.15. The van der Waals surface area contributed by atoms with E-state index < -0.39 is 5.97 Å². The summed E-state index contributed by atoms with van der Waals surface area (Å²) in [6, 6.07) is 0. The predicted octanol–water partition coefficient (Wildman–Crippen LogP) is 1.71. The summed E-state index contributed by atoms with van der Waals surface area (Å²) in [6.07, 6.45) is 1.83. The van der Waals surface area contributed by atoms with Crippen LogP contribution in [-0.2, 0) is 19.1 Å². The zero-order valence-electron chi connectivity index (χ0n) is 9.75. The third-order valence-corrected chi connectivity index (χ3v) is 1.87. The molecule has 0 spiro atoms. The maximum absolute atomic E-state index is 11.2. The van der Waals surface area contributed by atoms with E-state index in [1.54, 1.807) is 6.92 Å². The van der Waals surface area contributed by atoms with Crippen molar-refractivity contribution >= 4 is 11.8 Å². The van der Waals surface area contributed by atoms with Gasteiger partial charge in [-0.3, -0.25) is 9.59 Å². The van der Waals surface area contributed by atoms with Gasteiger partial charge in [0.15, 0.2) is 5.78 Å². The van der Waals surface area contributed by atoms with E-state index in [1.165, 1.54) is 0 Å². The van der Waals surface area contributed by atoms with Gasteiger partial charge in [-0.1, -0.05) is 13.3 Å². The van der Waals surface area contributed by atoms with Gasteiger partial charge >= 0.3 is 5.97 Å². The fraction of sp³-hybridized carbons (Fsp3) is 0.818. The van der Waals surface area contributed by atoms with Gasteiger partial charge in [-0.05, 0) is 20.3 Å². The molecule has 0 heterocycles. The molecule has 0 saturated carbocycles. The molecule has 0 saturated heterocycles. The van der Waals surface area contributed by atoms with Crippen LogP contribution in [0.1, 0.15) is 40.0 Å². The summed E-state index contributed by atoms with van der Waals surface area (Å²) in [6.45, 7) is 5.99. The van der Waals surface area contributed by atoms with Crippen molar-refractivity contribution in [3.63, 3.8) is 0 Å². The highest BCUT2D eigenvalue weighted by atomic mass is 16.5. The van der Waals surface area contributed by atoms with Crippen LogP contribution in [0, 0.1) is 0 Å². The van der Waals surface area contributed by atoms with Crippen LogP contribution in [0.25, 0.3) is 0 Å². The van der Waals surface area contributed by atoms with Crippen LogP contribution in [0.15, 0.2) is 0 Å². The van der Waals surface area contributed by atoms with Crippen molar-refractivity contribution in [3.8, 4) is 0 Å². The Kier molecular flexibility index (Phi) is 7.91. The van der Waals surface area contributed by atoms with Crippen molar-refractivity contribution in [1.82, 2.24) is 0 Å². The molecule has 0 aliphatic heterocycles. The minimum atomic E-state index is -0.478. The molecule has 0 N–H and O–H groups in total. The summed E-state index contributed by atoms with van der Waals surface area (Å²) in [4.78, 5) is 22.1. The number of carbonyl (C=O) groups is 2. The zero-order valence-corrected chi connectivity index (χ0v) is 9.75. The average molecular weight is 216 g/mol. The lowest BCUT2D eigenvalue weighted by molar-refractivity contribution is -0.146. The van der Waals surface area contributed by atoms with Crippen LogP contribution >= 0.6 is 0 Å². The Morgan fingerprint density at radius 3 is 2.47 bits per heavy atom. The summed E-state index contributed by atoms with van der Waals surface area (Å²) in [5.41, 5.74) is 0. The number of Topliss-reactive ketones (excluding diaryl/α,β-unsaturated/α-hetero) is 1. The van der Waals surface area contributed by atoms with E-state index in [1.807, 2.05) is 6.92 Å². The minimum Gasteiger partial charge on any atom is -0.466 e. The summed E-state index contributed by atoms with van der Waals surface area (Å²) >= 11 is 0. The van der Waals surface area contributed by atoms with E-state index in [9.17, 15) is 9.59 Å². The molecule has 0 aliphatic rings. The lowest BCUT2D eigenvalue weighted by Crippen LogP contribution is -2.19. The predicted molar refractivity (Wildman–Crippen MR) is 56.6 cm³/mol. The van der Waals surface area contributed by atoms with Gasteiger partial charge in [0, 0.05) is 0 Å². The van der Waals surface area contributed by atoms with Crippen molar-refractivity contribution in [2.45, 2.75) is 46.1 Å². The molecule has 1 atom stereocenters. The smallest absolute Gasteiger partial charge is 0.313 e. The normalized spacial score (nSPS) is 12.2. The Hall–Kier alpha value is -0.900. The van der Waals surface area contributed by atoms with Gasteiger partial charge in [-0.25, -0.2) is 0 Å². The van der Waals surface area contributed by atoms with Gasteiger partial charge in [0.2, 0.25) is 0 Å². The quantitative estimate of drug-likeness (QED) is 0.458. The Morgan fingerprint density at radius 1 is 1.27 bits per heavy atom. The van der Waals surface area contributed by atoms with Crippen LogP contribution in [0.4, 0.5) is 0 Å². The fourth-order valence-electron chi connectivity index (χ4n) is 1.15. The van der Waals surface area contributed by atoms with Crippen molar-refractivity contribution in [1.29, 1.82) is 0 Å². The first kappa shape index (κ1) is 14.1. The summed E-state index contributed by atoms with van der Waals surface area (Å²) < 4.78 is 9.92. The number of ether oxygens (including phenoxy) is 2. The molecule has 0 aromatic heterocycles. The Morgan fingerprint density at radius 2 is 1.93 bits per heavy atom. The second-order valence-electron chi connectivity index (χ2n) is 3.43. The van der Waals surface area contributed by atoms with Crippen molar-refractivity contribution < 1.29 is 19.1 Å². The molecule has 0 radical (unpaired) electrons. The van der Waals surface area contributed by atoms with E-state index in [-0.39, 0.29) is 24.9 Å². The van der Waals surface area contributed by atoms with Crippen LogP contribution < -0.4 is 0 Å². The first-order valence-corrected chi connectivity index (χ1v) is 5.39. The molecule has 15 heavy (non-hydrogen) atoms. The van der Waals surface area contributed by atoms with Gasteiger partial charge in [-0.2, -0.15) is 0 Å². The Labute approximate surface area is 90.9 Å². The third kappa shape index (κ3) is 8.12. The summed E-state index contributed by atoms with van der Waals surface area (Å²) in [5.74, 6) is -0.703. The Bertz CT molecular complexity index is 201. The molecule has 0 bridgehead atoms. The number of esters is 1. The highest BCUT2D eigenvalue weighted by Gasteiger charge is 2.11. The maximum Gasteiger partial charge on any atom is 0.313 e. The first-order chi connectivity index (χ1) is 7.10. The molecule has 0 aromatic carbocycles. The SMILES string of the molecule is CCCC(C)OCC(=O)CC(=O)OCC. The van der Waals surface area contributed by atoms with Crippen LogP contribution in [-0.4, -0.2) is 31.1 Å².